The fraction of sp³-hybridized carbons (Fsp3) is 0.263. The summed E-state index contributed by atoms with van der Waals surface area (Å²) in [5.74, 6) is 0.285. The molecular weight excluding hydrogens is 321 g/mol. The highest BCUT2D eigenvalue weighted by molar-refractivity contribution is 7.99. The Bertz CT molecular complexity index is 801. The summed E-state index contributed by atoms with van der Waals surface area (Å²) in [6, 6.07) is 17.1. The number of aryl methyl sites for hydroxylation is 1. The van der Waals surface area contributed by atoms with E-state index in [1.54, 1.807) is 23.9 Å². The lowest BCUT2D eigenvalue weighted by molar-refractivity contribution is 0.628. The standard InChI is InChI=1S/C19H20FN3S/c1-14(12-13-15-8-4-3-5-9-15)24-19-22-21-18(23(19)2)16-10-6-7-11-17(16)20/h3-11,14H,12-13H2,1-2H3. The molecule has 24 heavy (non-hydrogen) atoms. The summed E-state index contributed by atoms with van der Waals surface area (Å²) in [7, 11) is 1.88. The van der Waals surface area contributed by atoms with Gasteiger partial charge in [-0.1, -0.05) is 61.2 Å². The second-order valence-corrected chi connectivity index (χ2v) is 7.20. The van der Waals surface area contributed by atoms with Crippen molar-refractivity contribution < 1.29 is 4.39 Å². The second kappa shape index (κ2) is 7.62. The smallest absolute Gasteiger partial charge is 0.191 e. The van der Waals surface area contributed by atoms with Crippen LogP contribution in [0, 0.1) is 5.82 Å². The molecule has 3 rings (SSSR count). The first-order valence-electron chi connectivity index (χ1n) is 8.00. The van der Waals surface area contributed by atoms with Gasteiger partial charge in [-0.25, -0.2) is 4.39 Å². The van der Waals surface area contributed by atoms with Crippen LogP contribution in [-0.4, -0.2) is 20.0 Å². The lowest BCUT2D eigenvalue weighted by Gasteiger charge is -2.11. The molecule has 0 radical (unpaired) electrons. The van der Waals surface area contributed by atoms with Gasteiger partial charge in [-0.3, -0.25) is 0 Å². The lowest BCUT2D eigenvalue weighted by atomic mass is 10.1. The Kier molecular flexibility index (Phi) is 5.30. The van der Waals surface area contributed by atoms with E-state index in [0.29, 0.717) is 16.6 Å². The van der Waals surface area contributed by atoms with E-state index in [0.717, 1.165) is 18.0 Å². The molecule has 0 bridgehead atoms. The second-order valence-electron chi connectivity index (χ2n) is 5.80. The van der Waals surface area contributed by atoms with Crippen LogP contribution in [0.3, 0.4) is 0 Å². The first kappa shape index (κ1) is 16.7. The summed E-state index contributed by atoms with van der Waals surface area (Å²) in [5, 5.41) is 9.63. The van der Waals surface area contributed by atoms with Gasteiger partial charge in [0.25, 0.3) is 0 Å². The molecule has 1 unspecified atom stereocenters. The first-order chi connectivity index (χ1) is 11.6. The number of rotatable bonds is 6. The van der Waals surface area contributed by atoms with Crippen LogP contribution < -0.4 is 0 Å². The topological polar surface area (TPSA) is 30.7 Å². The van der Waals surface area contributed by atoms with Crippen molar-refractivity contribution in [2.45, 2.75) is 30.2 Å². The van der Waals surface area contributed by atoms with E-state index in [-0.39, 0.29) is 5.82 Å². The van der Waals surface area contributed by atoms with Gasteiger partial charge in [-0.15, -0.1) is 10.2 Å². The van der Waals surface area contributed by atoms with E-state index in [4.69, 9.17) is 0 Å². The van der Waals surface area contributed by atoms with Gasteiger partial charge in [0, 0.05) is 12.3 Å². The highest BCUT2D eigenvalue weighted by atomic mass is 32.2. The SMILES string of the molecule is CC(CCc1ccccc1)Sc1nnc(-c2ccccc2F)n1C. The molecule has 0 spiro atoms. The lowest BCUT2D eigenvalue weighted by Crippen LogP contribution is -2.02. The average Bonchev–Trinajstić information content (AvgIpc) is 2.95. The zero-order chi connectivity index (χ0) is 16.9. The zero-order valence-electron chi connectivity index (χ0n) is 13.8. The van der Waals surface area contributed by atoms with Crippen molar-refractivity contribution in [2.24, 2.45) is 7.05 Å². The normalized spacial score (nSPS) is 12.3. The van der Waals surface area contributed by atoms with Gasteiger partial charge in [0.2, 0.25) is 0 Å². The van der Waals surface area contributed by atoms with Crippen molar-refractivity contribution in [3.63, 3.8) is 0 Å². The van der Waals surface area contributed by atoms with Gasteiger partial charge in [-0.05, 0) is 30.5 Å². The Morgan fingerprint density at radius 2 is 1.75 bits per heavy atom. The molecule has 0 N–H and O–H groups in total. The Morgan fingerprint density at radius 1 is 1.04 bits per heavy atom. The van der Waals surface area contributed by atoms with E-state index in [1.807, 2.05) is 23.7 Å². The van der Waals surface area contributed by atoms with E-state index in [1.165, 1.54) is 11.6 Å². The first-order valence-corrected chi connectivity index (χ1v) is 8.88. The maximum Gasteiger partial charge on any atom is 0.191 e. The molecule has 0 aliphatic rings. The molecule has 0 fully saturated rings. The minimum atomic E-state index is -0.276. The molecule has 1 heterocycles. The fourth-order valence-electron chi connectivity index (χ4n) is 2.55. The average molecular weight is 341 g/mol. The number of halogens is 1. The third-order valence-electron chi connectivity index (χ3n) is 3.94. The van der Waals surface area contributed by atoms with Crippen LogP contribution in [0.15, 0.2) is 59.8 Å². The van der Waals surface area contributed by atoms with Gasteiger partial charge < -0.3 is 4.57 Å². The highest BCUT2D eigenvalue weighted by Gasteiger charge is 2.16. The molecule has 5 heteroatoms. The quantitative estimate of drug-likeness (QED) is 0.607. The van der Waals surface area contributed by atoms with E-state index in [9.17, 15) is 4.39 Å². The Hall–Kier alpha value is -2.14. The van der Waals surface area contributed by atoms with Crippen LogP contribution in [0.1, 0.15) is 18.9 Å². The maximum absolute atomic E-state index is 13.9. The van der Waals surface area contributed by atoms with Crippen molar-refractivity contribution >= 4 is 11.8 Å². The molecule has 3 aromatic rings. The Morgan fingerprint density at radius 3 is 2.50 bits per heavy atom. The molecule has 0 saturated carbocycles. The van der Waals surface area contributed by atoms with E-state index in [2.05, 4.69) is 41.4 Å². The minimum Gasteiger partial charge on any atom is -0.305 e. The zero-order valence-corrected chi connectivity index (χ0v) is 14.6. The monoisotopic (exact) mass is 341 g/mol. The molecular formula is C19H20FN3S. The van der Waals surface area contributed by atoms with Gasteiger partial charge in [0.1, 0.15) is 5.82 Å². The molecule has 3 nitrogen and oxygen atoms in total. The van der Waals surface area contributed by atoms with Crippen LogP contribution >= 0.6 is 11.8 Å². The number of nitrogens with zero attached hydrogens (tertiary/aromatic N) is 3. The summed E-state index contributed by atoms with van der Waals surface area (Å²) >= 11 is 1.68. The van der Waals surface area contributed by atoms with E-state index < -0.39 is 0 Å². The number of aromatic nitrogens is 3. The van der Waals surface area contributed by atoms with Gasteiger partial charge >= 0.3 is 0 Å². The molecule has 0 aliphatic carbocycles. The number of hydrogen-bond acceptors (Lipinski definition) is 3. The molecule has 1 atom stereocenters. The summed E-state index contributed by atoms with van der Waals surface area (Å²) in [6.45, 7) is 2.19. The number of benzene rings is 2. The predicted octanol–water partition coefficient (Wildman–Crippen LogP) is 4.73. The highest BCUT2D eigenvalue weighted by Crippen LogP contribution is 2.28. The summed E-state index contributed by atoms with van der Waals surface area (Å²) in [4.78, 5) is 0. The van der Waals surface area contributed by atoms with Crippen LogP contribution in [0.2, 0.25) is 0 Å². The molecule has 0 amide bonds. The minimum absolute atomic E-state index is 0.276. The largest absolute Gasteiger partial charge is 0.305 e. The van der Waals surface area contributed by atoms with Crippen molar-refractivity contribution in [2.75, 3.05) is 0 Å². The molecule has 2 aromatic carbocycles. The summed E-state index contributed by atoms with van der Waals surface area (Å²) in [6.07, 6.45) is 2.09. The third-order valence-corrected chi connectivity index (χ3v) is 5.14. The van der Waals surface area contributed by atoms with Crippen molar-refractivity contribution in [1.82, 2.24) is 14.8 Å². The summed E-state index contributed by atoms with van der Waals surface area (Å²) < 4.78 is 15.8. The van der Waals surface area contributed by atoms with Crippen molar-refractivity contribution in [3.8, 4) is 11.4 Å². The molecule has 0 aliphatic heterocycles. The maximum atomic E-state index is 13.9. The van der Waals surface area contributed by atoms with Crippen LogP contribution in [0.5, 0.6) is 0 Å². The van der Waals surface area contributed by atoms with Gasteiger partial charge in [0.05, 0.1) is 5.56 Å². The number of hydrogen-bond donors (Lipinski definition) is 0. The molecule has 1 aromatic heterocycles. The third kappa shape index (κ3) is 3.85. The Labute approximate surface area is 145 Å². The molecule has 0 saturated heterocycles. The van der Waals surface area contributed by atoms with Crippen LogP contribution in [0.25, 0.3) is 11.4 Å². The Balaban J connectivity index is 1.67. The van der Waals surface area contributed by atoms with Crippen molar-refractivity contribution in [3.05, 3.63) is 66.0 Å². The number of thioether (sulfide) groups is 1. The fourth-order valence-corrected chi connectivity index (χ4v) is 3.48. The van der Waals surface area contributed by atoms with Gasteiger partial charge in [-0.2, -0.15) is 0 Å². The van der Waals surface area contributed by atoms with Crippen LogP contribution in [-0.2, 0) is 13.5 Å². The predicted molar refractivity (Wildman–Crippen MR) is 96.5 cm³/mol. The van der Waals surface area contributed by atoms with E-state index >= 15 is 0 Å². The van der Waals surface area contributed by atoms with Crippen LogP contribution in [0.4, 0.5) is 4.39 Å². The molecule has 124 valence electrons. The van der Waals surface area contributed by atoms with Crippen molar-refractivity contribution in [1.29, 1.82) is 0 Å². The van der Waals surface area contributed by atoms with Gasteiger partial charge in [0.15, 0.2) is 11.0 Å². The summed E-state index contributed by atoms with van der Waals surface area (Å²) in [5.41, 5.74) is 1.83.